The van der Waals surface area contributed by atoms with E-state index in [1.54, 1.807) is 0 Å². The summed E-state index contributed by atoms with van der Waals surface area (Å²) in [6.07, 6.45) is 1.28. The summed E-state index contributed by atoms with van der Waals surface area (Å²) in [5.74, 6) is 0.239. The van der Waals surface area contributed by atoms with Crippen LogP contribution in [-0.2, 0) is 6.54 Å². The minimum absolute atomic E-state index is 0.0836. The monoisotopic (exact) mass is 350 g/mol. The van der Waals surface area contributed by atoms with Gasteiger partial charge in [-0.2, -0.15) is 0 Å². The quantitative estimate of drug-likeness (QED) is 0.440. The highest BCUT2D eigenvalue weighted by Crippen LogP contribution is 2.29. The van der Waals surface area contributed by atoms with Crippen molar-refractivity contribution in [2.45, 2.75) is 13.5 Å². The Morgan fingerprint density at radius 1 is 0.962 bits per heavy atom. The average Bonchev–Trinajstić information content (AvgIpc) is 2.66. The van der Waals surface area contributed by atoms with E-state index >= 15 is 0 Å². The van der Waals surface area contributed by atoms with Crippen molar-refractivity contribution in [1.29, 1.82) is 0 Å². The molecule has 8 nitrogen and oxygen atoms in total. The van der Waals surface area contributed by atoms with Crippen molar-refractivity contribution in [3.8, 4) is 0 Å². The Kier molecular flexibility index (Phi) is 5.23. The number of nitrogens with one attached hydrogen (secondary N) is 3. The van der Waals surface area contributed by atoms with E-state index in [0.29, 0.717) is 6.54 Å². The highest BCUT2D eigenvalue weighted by molar-refractivity contribution is 5.70. The van der Waals surface area contributed by atoms with Crippen molar-refractivity contribution >= 4 is 23.0 Å². The van der Waals surface area contributed by atoms with Crippen LogP contribution in [0.15, 0.2) is 60.9 Å². The zero-order valence-electron chi connectivity index (χ0n) is 14.1. The molecule has 2 aromatic carbocycles. The van der Waals surface area contributed by atoms with Crippen molar-refractivity contribution in [2.75, 3.05) is 16.2 Å². The molecule has 0 aliphatic carbocycles. The van der Waals surface area contributed by atoms with Crippen molar-refractivity contribution in [2.24, 2.45) is 0 Å². The molecule has 3 rings (SSSR count). The third kappa shape index (κ3) is 4.23. The van der Waals surface area contributed by atoms with Gasteiger partial charge in [-0.1, -0.05) is 48.0 Å². The van der Waals surface area contributed by atoms with Gasteiger partial charge in [-0.05, 0) is 24.6 Å². The number of anilines is 3. The van der Waals surface area contributed by atoms with Crippen LogP contribution < -0.4 is 16.2 Å². The summed E-state index contributed by atoms with van der Waals surface area (Å²) in [4.78, 5) is 19.0. The molecule has 0 unspecified atom stereocenters. The largest absolute Gasteiger partial charge is 0.360 e. The number of rotatable bonds is 7. The molecule has 0 amide bonds. The van der Waals surface area contributed by atoms with Crippen molar-refractivity contribution < 1.29 is 4.92 Å². The number of hydrogen-bond acceptors (Lipinski definition) is 7. The van der Waals surface area contributed by atoms with Gasteiger partial charge in [0.1, 0.15) is 6.33 Å². The van der Waals surface area contributed by atoms with Crippen LogP contribution in [0.2, 0.25) is 0 Å². The van der Waals surface area contributed by atoms with Crippen LogP contribution >= 0.6 is 0 Å². The third-order valence-electron chi connectivity index (χ3n) is 3.68. The lowest BCUT2D eigenvalue weighted by atomic mass is 10.1. The molecule has 0 fully saturated rings. The van der Waals surface area contributed by atoms with Crippen LogP contribution in [0, 0.1) is 17.0 Å². The van der Waals surface area contributed by atoms with Gasteiger partial charge < -0.3 is 5.32 Å². The molecule has 0 saturated carbocycles. The Morgan fingerprint density at radius 2 is 1.65 bits per heavy atom. The first kappa shape index (κ1) is 17.2. The molecular weight excluding hydrogens is 332 g/mol. The molecule has 0 saturated heterocycles. The van der Waals surface area contributed by atoms with E-state index < -0.39 is 4.92 Å². The van der Waals surface area contributed by atoms with Crippen LogP contribution in [0.3, 0.4) is 0 Å². The smallest absolute Gasteiger partial charge is 0.354 e. The summed E-state index contributed by atoms with van der Waals surface area (Å²) in [7, 11) is 0. The highest BCUT2D eigenvalue weighted by atomic mass is 16.6. The summed E-state index contributed by atoms with van der Waals surface area (Å²) >= 11 is 0. The lowest BCUT2D eigenvalue weighted by Crippen LogP contribution is -2.14. The maximum Gasteiger partial charge on any atom is 0.354 e. The van der Waals surface area contributed by atoms with E-state index in [1.165, 1.54) is 6.33 Å². The first-order valence-electron chi connectivity index (χ1n) is 7.99. The van der Waals surface area contributed by atoms with E-state index in [4.69, 9.17) is 0 Å². The number of aromatic nitrogens is 2. The summed E-state index contributed by atoms with van der Waals surface area (Å²) in [5.41, 5.74) is 8.36. The number of hydrogen-bond donors (Lipinski definition) is 3. The van der Waals surface area contributed by atoms with E-state index in [1.807, 2.05) is 61.5 Å². The maximum atomic E-state index is 11.5. The van der Waals surface area contributed by atoms with Crippen LogP contribution in [0.1, 0.15) is 11.1 Å². The fourth-order valence-electron chi connectivity index (χ4n) is 2.32. The summed E-state index contributed by atoms with van der Waals surface area (Å²) < 4.78 is 0. The molecule has 0 radical (unpaired) electrons. The van der Waals surface area contributed by atoms with E-state index in [2.05, 4.69) is 26.1 Å². The number of nitrogens with zero attached hydrogens (tertiary/aromatic N) is 3. The first-order valence-corrected chi connectivity index (χ1v) is 7.99. The molecule has 1 aromatic heterocycles. The minimum atomic E-state index is -0.507. The third-order valence-corrected chi connectivity index (χ3v) is 3.68. The minimum Gasteiger partial charge on any atom is -0.360 e. The molecule has 0 atom stereocenters. The first-order chi connectivity index (χ1) is 12.6. The lowest BCUT2D eigenvalue weighted by molar-refractivity contribution is -0.383. The molecule has 26 heavy (non-hydrogen) atoms. The molecule has 0 aliphatic rings. The number of hydrazine groups is 1. The molecule has 0 bridgehead atoms. The van der Waals surface area contributed by atoms with E-state index in [0.717, 1.165) is 16.8 Å². The standard InChI is InChI=1S/C18H18N6O2/c1-13-7-9-14(10-8-13)11-19-17-16(24(25)26)18(21-12-20-17)23-22-15-5-3-2-4-6-15/h2-10,12,22H,11H2,1H3,(H2,19,20,21,23). The van der Waals surface area contributed by atoms with Gasteiger partial charge in [-0.3, -0.25) is 21.0 Å². The second kappa shape index (κ2) is 7.93. The van der Waals surface area contributed by atoms with Gasteiger partial charge in [0.05, 0.1) is 10.6 Å². The number of para-hydroxylation sites is 1. The predicted octanol–water partition coefficient (Wildman–Crippen LogP) is 3.74. The van der Waals surface area contributed by atoms with Gasteiger partial charge in [-0.15, -0.1) is 0 Å². The van der Waals surface area contributed by atoms with Gasteiger partial charge in [0.2, 0.25) is 11.6 Å². The van der Waals surface area contributed by atoms with Crippen molar-refractivity contribution in [3.63, 3.8) is 0 Å². The van der Waals surface area contributed by atoms with Gasteiger partial charge in [0, 0.05) is 6.54 Å². The summed E-state index contributed by atoms with van der Waals surface area (Å²) in [6, 6.07) is 17.2. The fourth-order valence-corrected chi connectivity index (χ4v) is 2.32. The number of nitro groups is 1. The molecule has 3 N–H and O–H groups in total. The Morgan fingerprint density at radius 3 is 2.35 bits per heavy atom. The van der Waals surface area contributed by atoms with E-state index in [-0.39, 0.29) is 17.3 Å². The highest BCUT2D eigenvalue weighted by Gasteiger charge is 2.22. The SMILES string of the molecule is Cc1ccc(CNc2ncnc(NNc3ccccc3)c2[N+](=O)[O-])cc1. The Balaban J connectivity index is 1.77. The molecule has 0 aliphatic heterocycles. The van der Waals surface area contributed by atoms with Gasteiger partial charge in [0.25, 0.3) is 0 Å². The molecule has 8 heteroatoms. The molecule has 132 valence electrons. The Hall–Kier alpha value is -3.68. The zero-order valence-corrected chi connectivity index (χ0v) is 14.1. The number of aryl methyl sites for hydroxylation is 1. The zero-order chi connectivity index (χ0) is 18.4. The van der Waals surface area contributed by atoms with Crippen LogP contribution in [-0.4, -0.2) is 14.9 Å². The lowest BCUT2D eigenvalue weighted by Gasteiger charge is -2.11. The van der Waals surface area contributed by atoms with Crippen molar-refractivity contribution in [1.82, 2.24) is 9.97 Å². The Bertz CT molecular complexity index is 884. The second-order valence-corrected chi connectivity index (χ2v) is 5.63. The number of benzene rings is 2. The second-order valence-electron chi connectivity index (χ2n) is 5.63. The maximum absolute atomic E-state index is 11.5. The van der Waals surface area contributed by atoms with Gasteiger partial charge >= 0.3 is 5.69 Å². The summed E-state index contributed by atoms with van der Waals surface area (Å²) in [5, 5.41) is 14.5. The van der Waals surface area contributed by atoms with Crippen LogP contribution in [0.4, 0.5) is 23.0 Å². The van der Waals surface area contributed by atoms with Crippen LogP contribution in [0.5, 0.6) is 0 Å². The average molecular weight is 350 g/mol. The normalized spacial score (nSPS) is 10.2. The molecule has 1 heterocycles. The predicted molar refractivity (Wildman–Crippen MR) is 101 cm³/mol. The Labute approximate surface area is 150 Å². The van der Waals surface area contributed by atoms with Crippen LogP contribution in [0.25, 0.3) is 0 Å². The summed E-state index contributed by atoms with van der Waals surface area (Å²) in [6.45, 7) is 2.42. The molecular formula is C18H18N6O2. The fraction of sp³-hybridized carbons (Fsp3) is 0.111. The van der Waals surface area contributed by atoms with Gasteiger partial charge in [-0.25, -0.2) is 9.97 Å². The van der Waals surface area contributed by atoms with Gasteiger partial charge in [0.15, 0.2) is 0 Å². The topological polar surface area (TPSA) is 105 Å². The molecule has 0 spiro atoms. The molecule has 3 aromatic rings. The van der Waals surface area contributed by atoms with E-state index in [9.17, 15) is 10.1 Å². The van der Waals surface area contributed by atoms with Crippen molar-refractivity contribution in [3.05, 3.63) is 82.2 Å².